The van der Waals surface area contributed by atoms with Crippen LogP contribution in [0.3, 0.4) is 0 Å². The molecule has 0 bridgehead atoms. The summed E-state index contributed by atoms with van der Waals surface area (Å²) in [7, 11) is 5.85. The number of aromatic nitrogens is 2. The number of carbonyl (C=O) groups excluding carboxylic acids is 1. The van der Waals surface area contributed by atoms with E-state index in [0.717, 1.165) is 16.9 Å². The minimum absolute atomic E-state index is 0.0701. The average molecular weight is 345 g/mol. The van der Waals surface area contributed by atoms with Crippen molar-refractivity contribution in [3.05, 3.63) is 47.8 Å². The number of carbonyl (C=O) groups is 1. The summed E-state index contributed by atoms with van der Waals surface area (Å²) >= 11 is 0. The van der Waals surface area contributed by atoms with Gasteiger partial charge in [-0.15, -0.1) is 0 Å². The van der Waals surface area contributed by atoms with E-state index in [1.54, 1.807) is 4.68 Å². The Labute approximate surface area is 149 Å². The first-order valence-electron chi connectivity index (χ1n) is 8.38. The van der Waals surface area contributed by atoms with E-state index in [0.29, 0.717) is 19.7 Å². The molecule has 25 heavy (non-hydrogen) atoms. The maximum Gasteiger partial charge on any atom is 0.315 e. The second-order valence-corrected chi connectivity index (χ2v) is 6.07. The van der Waals surface area contributed by atoms with Crippen LogP contribution in [0.25, 0.3) is 0 Å². The van der Waals surface area contributed by atoms with Gasteiger partial charge in [0, 0.05) is 31.9 Å². The Morgan fingerprint density at radius 3 is 2.80 bits per heavy atom. The second-order valence-electron chi connectivity index (χ2n) is 6.07. The quantitative estimate of drug-likeness (QED) is 0.767. The third-order valence-corrected chi connectivity index (χ3v) is 3.85. The molecule has 0 saturated heterocycles. The molecule has 136 valence electrons. The third-order valence-electron chi connectivity index (χ3n) is 3.85. The molecule has 1 unspecified atom stereocenters. The topological polar surface area (TPSA) is 71.4 Å². The van der Waals surface area contributed by atoms with Crippen molar-refractivity contribution in [1.82, 2.24) is 25.3 Å². The first-order valence-corrected chi connectivity index (χ1v) is 8.38. The number of nitrogens with one attached hydrogen (secondary N) is 2. The molecule has 0 fully saturated rings. The summed E-state index contributed by atoms with van der Waals surface area (Å²) in [5.41, 5.74) is 2.06. The number of amides is 2. The van der Waals surface area contributed by atoms with Crippen molar-refractivity contribution in [2.24, 2.45) is 7.05 Å². The number of nitrogens with zero attached hydrogens (tertiary/aromatic N) is 3. The number of hydrogen-bond donors (Lipinski definition) is 2. The van der Waals surface area contributed by atoms with E-state index >= 15 is 0 Å². The molecule has 0 aliphatic rings. The molecular formula is C18H27N5O2. The van der Waals surface area contributed by atoms with Crippen LogP contribution < -0.4 is 15.4 Å². The summed E-state index contributed by atoms with van der Waals surface area (Å²) in [6.45, 7) is 3.52. The molecule has 7 nitrogen and oxygen atoms in total. The lowest BCUT2D eigenvalue weighted by molar-refractivity contribution is 0.232. The molecule has 2 N–H and O–H groups in total. The van der Waals surface area contributed by atoms with Crippen molar-refractivity contribution < 1.29 is 9.53 Å². The van der Waals surface area contributed by atoms with Crippen molar-refractivity contribution in [2.75, 3.05) is 27.2 Å². The lowest BCUT2D eigenvalue weighted by atomic mass is 10.1. The van der Waals surface area contributed by atoms with E-state index in [9.17, 15) is 4.79 Å². The first kappa shape index (κ1) is 18.8. The molecule has 0 aliphatic heterocycles. The van der Waals surface area contributed by atoms with E-state index in [1.165, 1.54) is 0 Å². The molecule has 0 radical (unpaired) electrons. The number of likely N-dealkylation sites (N-methyl/N-ethyl adjacent to an activating group) is 1. The van der Waals surface area contributed by atoms with Crippen LogP contribution in [0.15, 0.2) is 36.7 Å². The van der Waals surface area contributed by atoms with Crippen LogP contribution in [0, 0.1) is 0 Å². The van der Waals surface area contributed by atoms with E-state index in [2.05, 4.69) is 20.6 Å². The maximum atomic E-state index is 12.1. The summed E-state index contributed by atoms with van der Waals surface area (Å²) in [5, 5.41) is 9.99. The highest BCUT2D eigenvalue weighted by Gasteiger charge is 2.16. The first-order chi connectivity index (χ1) is 12.0. The van der Waals surface area contributed by atoms with Crippen LogP contribution >= 0.6 is 0 Å². The normalized spacial score (nSPS) is 12.0. The number of aryl methyl sites for hydroxylation is 1. The Kier molecular flexibility index (Phi) is 6.82. The minimum Gasteiger partial charge on any atom is -0.494 e. The van der Waals surface area contributed by atoms with E-state index in [4.69, 9.17) is 4.74 Å². The predicted octanol–water partition coefficient (Wildman–Crippen LogP) is 1.92. The fourth-order valence-electron chi connectivity index (χ4n) is 2.56. The van der Waals surface area contributed by atoms with Gasteiger partial charge >= 0.3 is 6.03 Å². The Bertz CT molecular complexity index is 684. The largest absolute Gasteiger partial charge is 0.494 e. The van der Waals surface area contributed by atoms with Crippen molar-refractivity contribution in [2.45, 2.75) is 19.5 Å². The molecule has 2 rings (SSSR count). The zero-order chi connectivity index (χ0) is 18.2. The molecule has 1 aromatic heterocycles. The van der Waals surface area contributed by atoms with Crippen molar-refractivity contribution >= 4 is 6.03 Å². The molecule has 7 heteroatoms. The Morgan fingerprint density at radius 2 is 2.16 bits per heavy atom. The number of hydrogen-bond acceptors (Lipinski definition) is 4. The van der Waals surface area contributed by atoms with Crippen LogP contribution in [0.2, 0.25) is 0 Å². The average Bonchev–Trinajstić information content (AvgIpc) is 2.99. The third kappa shape index (κ3) is 5.79. The molecule has 1 aromatic carbocycles. The smallest absolute Gasteiger partial charge is 0.315 e. The molecule has 2 aromatic rings. The molecule has 1 atom stereocenters. The number of ether oxygens (including phenoxy) is 1. The van der Waals surface area contributed by atoms with Crippen LogP contribution in [-0.4, -0.2) is 48.0 Å². The zero-order valence-electron chi connectivity index (χ0n) is 15.3. The molecule has 0 spiro atoms. The van der Waals surface area contributed by atoms with Crippen molar-refractivity contribution in [3.8, 4) is 5.75 Å². The molecule has 1 heterocycles. The van der Waals surface area contributed by atoms with Crippen LogP contribution in [-0.2, 0) is 13.6 Å². The van der Waals surface area contributed by atoms with Gasteiger partial charge in [-0.25, -0.2) is 4.79 Å². The summed E-state index contributed by atoms with van der Waals surface area (Å²) in [6.07, 6.45) is 3.78. The van der Waals surface area contributed by atoms with E-state index in [1.807, 2.05) is 64.7 Å². The van der Waals surface area contributed by atoms with E-state index < -0.39 is 0 Å². The van der Waals surface area contributed by atoms with Gasteiger partial charge in [0.25, 0.3) is 0 Å². The second kappa shape index (κ2) is 9.08. The van der Waals surface area contributed by atoms with Gasteiger partial charge in [-0.1, -0.05) is 12.1 Å². The van der Waals surface area contributed by atoms with Gasteiger partial charge in [-0.3, -0.25) is 4.68 Å². The highest BCUT2D eigenvalue weighted by molar-refractivity contribution is 5.73. The van der Waals surface area contributed by atoms with Gasteiger partial charge < -0.3 is 20.3 Å². The van der Waals surface area contributed by atoms with E-state index in [-0.39, 0.29) is 12.1 Å². The van der Waals surface area contributed by atoms with Gasteiger partial charge in [0.15, 0.2) is 0 Å². The predicted molar refractivity (Wildman–Crippen MR) is 97.5 cm³/mol. The van der Waals surface area contributed by atoms with Crippen LogP contribution in [0.4, 0.5) is 4.79 Å². The summed E-state index contributed by atoms with van der Waals surface area (Å²) in [5.74, 6) is 0.812. The number of rotatable bonds is 8. The lowest BCUT2D eigenvalue weighted by Gasteiger charge is -2.23. The van der Waals surface area contributed by atoms with Gasteiger partial charge in [-0.2, -0.15) is 5.10 Å². The highest BCUT2D eigenvalue weighted by Crippen LogP contribution is 2.16. The summed E-state index contributed by atoms with van der Waals surface area (Å²) in [4.78, 5) is 14.2. The molecule has 2 amide bonds. The minimum atomic E-state index is -0.197. The van der Waals surface area contributed by atoms with Crippen molar-refractivity contribution in [3.63, 3.8) is 0 Å². The maximum absolute atomic E-state index is 12.1. The Balaban J connectivity index is 1.84. The molecule has 0 saturated carbocycles. The zero-order valence-corrected chi connectivity index (χ0v) is 15.3. The SMILES string of the molecule is CCOc1cccc(CNC(=O)NCC(c2cnn(C)c2)N(C)C)c1. The monoisotopic (exact) mass is 345 g/mol. The molecular weight excluding hydrogens is 318 g/mol. The molecule has 0 aliphatic carbocycles. The van der Waals surface area contributed by atoms with Crippen LogP contribution in [0.1, 0.15) is 24.1 Å². The standard InChI is InChI=1S/C18H27N5O2/c1-5-25-16-8-6-7-14(9-16)10-19-18(24)20-12-17(22(2)3)15-11-21-23(4)13-15/h6-9,11,13,17H,5,10,12H2,1-4H3,(H2,19,20,24). The van der Waals surface area contributed by atoms with Gasteiger partial charge in [0.05, 0.1) is 18.8 Å². The number of benzene rings is 1. The fourth-order valence-corrected chi connectivity index (χ4v) is 2.56. The Morgan fingerprint density at radius 1 is 1.36 bits per heavy atom. The summed E-state index contributed by atoms with van der Waals surface area (Å²) < 4.78 is 7.23. The fraction of sp³-hybridized carbons (Fsp3) is 0.444. The lowest BCUT2D eigenvalue weighted by Crippen LogP contribution is -2.40. The Hall–Kier alpha value is -2.54. The van der Waals surface area contributed by atoms with Gasteiger partial charge in [0.1, 0.15) is 5.75 Å². The number of urea groups is 1. The highest BCUT2D eigenvalue weighted by atomic mass is 16.5. The van der Waals surface area contributed by atoms with Gasteiger partial charge in [0.2, 0.25) is 0 Å². The van der Waals surface area contributed by atoms with Crippen LogP contribution in [0.5, 0.6) is 5.75 Å². The van der Waals surface area contributed by atoms with Gasteiger partial charge in [-0.05, 0) is 38.7 Å². The van der Waals surface area contributed by atoms with Crippen molar-refractivity contribution in [1.29, 1.82) is 0 Å². The summed E-state index contributed by atoms with van der Waals surface area (Å²) in [6, 6.07) is 7.59.